The molecule has 0 radical (unpaired) electrons. The molecule has 0 bridgehead atoms. The topological polar surface area (TPSA) is 77.7 Å². The van der Waals surface area contributed by atoms with Gasteiger partial charge in [-0.05, 0) is 42.3 Å². The summed E-state index contributed by atoms with van der Waals surface area (Å²) >= 11 is 0. The predicted molar refractivity (Wildman–Crippen MR) is 101 cm³/mol. The maximum Gasteiger partial charge on any atom is 0.258 e. The van der Waals surface area contributed by atoms with Crippen LogP contribution in [0.4, 0.5) is 5.69 Å². The molecule has 1 amide bonds. The molecule has 3 heterocycles. The van der Waals surface area contributed by atoms with E-state index in [0.717, 1.165) is 17.7 Å². The van der Waals surface area contributed by atoms with E-state index in [1.165, 1.54) is 5.56 Å². The van der Waals surface area contributed by atoms with Gasteiger partial charge in [-0.3, -0.25) is 4.79 Å². The summed E-state index contributed by atoms with van der Waals surface area (Å²) in [5.41, 5.74) is 2.92. The molecule has 2 aromatic carbocycles. The summed E-state index contributed by atoms with van der Waals surface area (Å²) in [6.45, 7) is 2.87. The third kappa shape index (κ3) is 2.89. The van der Waals surface area contributed by atoms with Crippen molar-refractivity contribution in [2.45, 2.75) is 25.7 Å². The SMILES string of the molecule is CCc1ccc(N2CC(c3noc(-c4ccc5c(c4)OCO5)n3)CC2=O)cc1. The third-order valence-electron chi connectivity index (χ3n) is 5.21. The molecule has 1 saturated heterocycles. The van der Waals surface area contributed by atoms with Crippen molar-refractivity contribution in [2.24, 2.45) is 0 Å². The molecule has 0 spiro atoms. The first-order chi connectivity index (χ1) is 13.7. The van der Waals surface area contributed by atoms with Crippen molar-refractivity contribution in [3.05, 3.63) is 53.9 Å². The first kappa shape index (κ1) is 16.8. The highest BCUT2D eigenvalue weighted by Gasteiger charge is 2.34. The summed E-state index contributed by atoms with van der Waals surface area (Å²) in [5, 5.41) is 4.12. The van der Waals surface area contributed by atoms with Crippen LogP contribution in [-0.2, 0) is 11.2 Å². The van der Waals surface area contributed by atoms with Gasteiger partial charge in [0.05, 0.1) is 0 Å². The van der Waals surface area contributed by atoms with Gasteiger partial charge in [-0.15, -0.1) is 0 Å². The van der Waals surface area contributed by atoms with E-state index in [1.807, 2.05) is 30.3 Å². The van der Waals surface area contributed by atoms with E-state index in [2.05, 4.69) is 29.2 Å². The number of rotatable bonds is 4. The number of hydrogen-bond acceptors (Lipinski definition) is 6. The molecule has 0 saturated carbocycles. The second kappa shape index (κ2) is 6.67. The van der Waals surface area contributed by atoms with Gasteiger partial charge in [0.25, 0.3) is 5.89 Å². The molecule has 2 aliphatic heterocycles. The van der Waals surface area contributed by atoms with Gasteiger partial charge in [0.15, 0.2) is 17.3 Å². The molecule has 1 fully saturated rings. The number of benzene rings is 2. The fourth-order valence-electron chi connectivity index (χ4n) is 3.59. The van der Waals surface area contributed by atoms with Gasteiger partial charge >= 0.3 is 0 Å². The first-order valence-electron chi connectivity index (χ1n) is 9.34. The highest BCUT2D eigenvalue weighted by Crippen LogP contribution is 2.36. The highest BCUT2D eigenvalue weighted by molar-refractivity contribution is 5.96. The second-order valence-electron chi connectivity index (χ2n) is 6.95. The minimum absolute atomic E-state index is 0.0728. The van der Waals surface area contributed by atoms with Gasteiger partial charge < -0.3 is 18.9 Å². The minimum atomic E-state index is -0.0927. The zero-order valence-electron chi connectivity index (χ0n) is 15.4. The molecule has 5 rings (SSSR count). The summed E-state index contributed by atoms with van der Waals surface area (Å²) in [4.78, 5) is 18.8. The van der Waals surface area contributed by atoms with E-state index in [0.29, 0.717) is 36.2 Å². The average Bonchev–Trinajstić information content (AvgIpc) is 3.46. The van der Waals surface area contributed by atoms with Crippen molar-refractivity contribution in [3.63, 3.8) is 0 Å². The number of carbonyl (C=O) groups excluding carboxylic acids is 1. The van der Waals surface area contributed by atoms with E-state index in [1.54, 1.807) is 4.90 Å². The molecule has 1 atom stereocenters. The van der Waals surface area contributed by atoms with Crippen LogP contribution in [0.3, 0.4) is 0 Å². The molecule has 3 aromatic rings. The van der Waals surface area contributed by atoms with Crippen molar-refractivity contribution in [1.82, 2.24) is 10.1 Å². The summed E-state index contributed by atoms with van der Waals surface area (Å²) in [6.07, 6.45) is 1.35. The molecule has 1 unspecified atom stereocenters. The molecular formula is C21H19N3O4. The molecule has 1 aromatic heterocycles. The Kier molecular flexibility index (Phi) is 4.00. The van der Waals surface area contributed by atoms with E-state index >= 15 is 0 Å². The second-order valence-corrected chi connectivity index (χ2v) is 6.95. The van der Waals surface area contributed by atoms with Gasteiger partial charge in [-0.1, -0.05) is 24.2 Å². The lowest BCUT2D eigenvalue weighted by Crippen LogP contribution is -2.24. The Morgan fingerprint density at radius 3 is 2.75 bits per heavy atom. The van der Waals surface area contributed by atoms with Crippen molar-refractivity contribution in [3.8, 4) is 23.0 Å². The molecule has 7 nitrogen and oxygen atoms in total. The third-order valence-corrected chi connectivity index (χ3v) is 5.21. The minimum Gasteiger partial charge on any atom is -0.454 e. The van der Waals surface area contributed by atoms with E-state index in [4.69, 9.17) is 14.0 Å². The highest BCUT2D eigenvalue weighted by atomic mass is 16.7. The largest absolute Gasteiger partial charge is 0.454 e. The van der Waals surface area contributed by atoms with Crippen LogP contribution in [0.2, 0.25) is 0 Å². The lowest BCUT2D eigenvalue weighted by Gasteiger charge is -2.16. The van der Waals surface area contributed by atoms with E-state index < -0.39 is 0 Å². The smallest absolute Gasteiger partial charge is 0.258 e. The summed E-state index contributed by atoms with van der Waals surface area (Å²) < 4.78 is 16.2. The lowest BCUT2D eigenvalue weighted by atomic mass is 10.1. The first-order valence-corrected chi connectivity index (χ1v) is 9.34. The molecule has 7 heteroatoms. The van der Waals surface area contributed by atoms with Crippen molar-refractivity contribution in [1.29, 1.82) is 0 Å². The zero-order valence-corrected chi connectivity index (χ0v) is 15.4. The van der Waals surface area contributed by atoms with Crippen LogP contribution in [0, 0.1) is 0 Å². The van der Waals surface area contributed by atoms with Gasteiger partial charge in [-0.25, -0.2) is 0 Å². The Morgan fingerprint density at radius 1 is 1.11 bits per heavy atom. The lowest BCUT2D eigenvalue weighted by molar-refractivity contribution is -0.117. The summed E-state index contributed by atoms with van der Waals surface area (Å²) in [7, 11) is 0. The van der Waals surface area contributed by atoms with Gasteiger partial charge in [0, 0.05) is 30.1 Å². The molecule has 0 N–H and O–H groups in total. The van der Waals surface area contributed by atoms with Crippen molar-refractivity contribution >= 4 is 11.6 Å². The van der Waals surface area contributed by atoms with Gasteiger partial charge in [-0.2, -0.15) is 4.98 Å². The number of amides is 1. The monoisotopic (exact) mass is 377 g/mol. The number of nitrogens with zero attached hydrogens (tertiary/aromatic N) is 3. The number of carbonyl (C=O) groups is 1. The number of ether oxygens (including phenoxy) is 2. The number of aryl methyl sites for hydroxylation is 1. The number of aromatic nitrogens is 2. The van der Waals surface area contributed by atoms with Gasteiger partial charge in [0.1, 0.15) is 0 Å². The van der Waals surface area contributed by atoms with Crippen LogP contribution in [0.25, 0.3) is 11.5 Å². The summed E-state index contributed by atoms with van der Waals surface area (Å²) in [5.74, 6) is 2.30. The predicted octanol–water partition coefficient (Wildman–Crippen LogP) is 3.55. The molecule has 28 heavy (non-hydrogen) atoms. The fraction of sp³-hybridized carbons (Fsp3) is 0.286. The fourth-order valence-corrected chi connectivity index (χ4v) is 3.59. The Bertz CT molecular complexity index is 1030. The molecular weight excluding hydrogens is 358 g/mol. The van der Waals surface area contributed by atoms with Gasteiger partial charge in [0.2, 0.25) is 12.7 Å². The maximum absolute atomic E-state index is 12.5. The zero-order chi connectivity index (χ0) is 19.1. The quantitative estimate of drug-likeness (QED) is 0.692. The van der Waals surface area contributed by atoms with Crippen LogP contribution < -0.4 is 14.4 Å². The number of hydrogen-bond donors (Lipinski definition) is 0. The van der Waals surface area contributed by atoms with Crippen LogP contribution in [-0.4, -0.2) is 29.4 Å². The Hall–Kier alpha value is -3.35. The van der Waals surface area contributed by atoms with Crippen LogP contribution in [0.5, 0.6) is 11.5 Å². The van der Waals surface area contributed by atoms with E-state index in [-0.39, 0.29) is 18.6 Å². The van der Waals surface area contributed by atoms with Crippen molar-refractivity contribution in [2.75, 3.05) is 18.2 Å². The number of fused-ring (bicyclic) bond motifs is 1. The Morgan fingerprint density at radius 2 is 1.93 bits per heavy atom. The van der Waals surface area contributed by atoms with Crippen LogP contribution >= 0.6 is 0 Å². The number of anilines is 1. The molecule has 0 aliphatic carbocycles. The molecule has 2 aliphatic rings. The maximum atomic E-state index is 12.5. The Labute approximate surface area is 161 Å². The normalized spacial score (nSPS) is 18.1. The Balaban J connectivity index is 1.35. The van der Waals surface area contributed by atoms with Crippen molar-refractivity contribution < 1.29 is 18.8 Å². The average molecular weight is 377 g/mol. The van der Waals surface area contributed by atoms with E-state index in [9.17, 15) is 4.79 Å². The standard InChI is InChI=1S/C21H19N3O4/c1-2-13-3-6-16(7-4-13)24-11-15(10-19(24)25)20-22-21(28-23-20)14-5-8-17-18(9-14)27-12-26-17/h3-9,15H,2,10-12H2,1H3. The van der Waals surface area contributed by atoms with Crippen LogP contribution in [0.1, 0.15) is 30.7 Å². The summed E-state index contributed by atoms with van der Waals surface area (Å²) in [6, 6.07) is 13.6. The van der Waals surface area contributed by atoms with Crippen LogP contribution in [0.15, 0.2) is 47.0 Å². The molecule has 142 valence electrons.